The lowest BCUT2D eigenvalue weighted by Crippen LogP contribution is -2.01. The van der Waals surface area contributed by atoms with Gasteiger partial charge in [0.2, 0.25) is 4.73 Å². The molecule has 0 saturated carbocycles. The first-order chi connectivity index (χ1) is 5.86. The first-order valence-corrected chi connectivity index (χ1v) is 5.03. The number of rotatable bonds is 0. The molecule has 0 radical (unpaired) electrons. The first kappa shape index (κ1) is 8.10. The van der Waals surface area contributed by atoms with Crippen molar-refractivity contribution >= 4 is 15.9 Å². The van der Waals surface area contributed by atoms with E-state index >= 15 is 0 Å². The van der Waals surface area contributed by atoms with E-state index in [1.807, 2.05) is 0 Å². The number of halogens is 1. The summed E-state index contributed by atoms with van der Waals surface area (Å²) in [6.45, 7) is 0. The third-order valence-corrected chi connectivity index (χ3v) is 2.48. The monoisotopic (exact) mass is 227 g/mol. The summed E-state index contributed by atoms with van der Waals surface area (Å²) in [6, 6.07) is 0. The van der Waals surface area contributed by atoms with Crippen molar-refractivity contribution in [2.24, 2.45) is 0 Å². The molecule has 64 valence electrons. The summed E-state index contributed by atoms with van der Waals surface area (Å²) in [7, 11) is 0. The molecule has 0 amide bonds. The SMILES string of the molecule is Brc1nnc2c(n1)CCCCC2. The Bertz CT molecular complexity index is 288. The smallest absolute Gasteiger partial charge is 0.218 e. The van der Waals surface area contributed by atoms with Crippen molar-refractivity contribution in [2.45, 2.75) is 32.1 Å². The van der Waals surface area contributed by atoms with Crippen molar-refractivity contribution in [1.29, 1.82) is 0 Å². The fourth-order valence-electron chi connectivity index (χ4n) is 1.51. The summed E-state index contributed by atoms with van der Waals surface area (Å²) in [6.07, 6.45) is 5.85. The quantitative estimate of drug-likeness (QED) is 0.636. The van der Waals surface area contributed by atoms with Gasteiger partial charge in [0.05, 0.1) is 11.4 Å². The Hall–Kier alpha value is -0.510. The van der Waals surface area contributed by atoms with Crippen LogP contribution in [0.3, 0.4) is 0 Å². The van der Waals surface area contributed by atoms with Crippen LogP contribution >= 0.6 is 15.9 Å². The van der Waals surface area contributed by atoms with Crippen molar-refractivity contribution < 1.29 is 0 Å². The predicted octanol–water partition coefficient (Wildman–Crippen LogP) is 1.90. The molecule has 12 heavy (non-hydrogen) atoms. The maximum atomic E-state index is 4.32. The van der Waals surface area contributed by atoms with Crippen LogP contribution in [0.1, 0.15) is 30.7 Å². The van der Waals surface area contributed by atoms with Crippen molar-refractivity contribution in [3.63, 3.8) is 0 Å². The zero-order valence-electron chi connectivity index (χ0n) is 6.76. The van der Waals surface area contributed by atoms with E-state index in [0.29, 0.717) is 4.73 Å². The summed E-state index contributed by atoms with van der Waals surface area (Å²) < 4.78 is 0.614. The molecule has 0 N–H and O–H groups in total. The highest BCUT2D eigenvalue weighted by Crippen LogP contribution is 2.17. The van der Waals surface area contributed by atoms with Crippen LogP contribution in [0.15, 0.2) is 4.73 Å². The standard InChI is InChI=1S/C8H10BrN3/c9-8-10-6-4-2-1-3-5-7(6)11-12-8/h1-5H2. The average molecular weight is 228 g/mol. The largest absolute Gasteiger partial charge is 0.224 e. The van der Waals surface area contributed by atoms with Gasteiger partial charge in [-0.05, 0) is 41.6 Å². The van der Waals surface area contributed by atoms with Crippen LogP contribution in [-0.4, -0.2) is 15.2 Å². The minimum Gasteiger partial charge on any atom is -0.224 e. The Morgan fingerprint density at radius 2 is 1.67 bits per heavy atom. The van der Waals surface area contributed by atoms with E-state index in [9.17, 15) is 0 Å². The number of nitrogens with zero attached hydrogens (tertiary/aromatic N) is 3. The molecule has 0 atom stereocenters. The van der Waals surface area contributed by atoms with Crippen LogP contribution in [-0.2, 0) is 12.8 Å². The number of aryl methyl sites for hydroxylation is 2. The minimum atomic E-state index is 0.614. The second-order valence-corrected chi connectivity index (χ2v) is 3.74. The molecule has 0 unspecified atom stereocenters. The van der Waals surface area contributed by atoms with E-state index in [1.54, 1.807) is 0 Å². The second-order valence-electron chi connectivity index (χ2n) is 3.03. The maximum Gasteiger partial charge on any atom is 0.218 e. The van der Waals surface area contributed by atoms with Crippen LogP contribution < -0.4 is 0 Å². The van der Waals surface area contributed by atoms with Gasteiger partial charge in [-0.25, -0.2) is 4.98 Å². The first-order valence-electron chi connectivity index (χ1n) is 4.24. The molecule has 1 aromatic heterocycles. The molecule has 1 heterocycles. The molecule has 0 bridgehead atoms. The third-order valence-electron chi connectivity index (χ3n) is 2.14. The number of fused-ring (bicyclic) bond motifs is 1. The fraction of sp³-hybridized carbons (Fsp3) is 0.625. The molecule has 1 aromatic rings. The predicted molar refractivity (Wildman–Crippen MR) is 48.8 cm³/mol. The molecule has 1 aliphatic rings. The summed E-state index contributed by atoms with van der Waals surface area (Å²) in [5.41, 5.74) is 2.23. The molecule has 0 saturated heterocycles. The Morgan fingerprint density at radius 1 is 0.917 bits per heavy atom. The topological polar surface area (TPSA) is 38.7 Å². The van der Waals surface area contributed by atoms with Crippen LogP contribution in [0.4, 0.5) is 0 Å². The Morgan fingerprint density at radius 3 is 2.50 bits per heavy atom. The van der Waals surface area contributed by atoms with Gasteiger partial charge in [0.1, 0.15) is 0 Å². The highest BCUT2D eigenvalue weighted by Gasteiger charge is 2.11. The van der Waals surface area contributed by atoms with Crippen LogP contribution in [0.2, 0.25) is 0 Å². The van der Waals surface area contributed by atoms with Crippen LogP contribution in [0, 0.1) is 0 Å². The van der Waals surface area contributed by atoms with E-state index in [0.717, 1.165) is 24.2 Å². The summed E-state index contributed by atoms with van der Waals surface area (Å²) >= 11 is 3.23. The van der Waals surface area contributed by atoms with Crippen LogP contribution in [0.25, 0.3) is 0 Å². The zero-order valence-corrected chi connectivity index (χ0v) is 8.34. The Balaban J connectivity index is 2.36. The average Bonchev–Trinajstić information content (AvgIpc) is 2.28. The van der Waals surface area contributed by atoms with E-state index in [-0.39, 0.29) is 0 Å². The number of hydrogen-bond acceptors (Lipinski definition) is 3. The van der Waals surface area contributed by atoms with E-state index in [4.69, 9.17) is 0 Å². The molecular formula is C8H10BrN3. The van der Waals surface area contributed by atoms with Gasteiger partial charge in [-0.15, -0.1) is 5.10 Å². The molecule has 1 aliphatic carbocycles. The lowest BCUT2D eigenvalue weighted by atomic mass is 10.2. The van der Waals surface area contributed by atoms with E-state index in [2.05, 4.69) is 31.1 Å². The molecule has 0 aromatic carbocycles. The normalized spacial score (nSPS) is 16.8. The van der Waals surface area contributed by atoms with E-state index < -0.39 is 0 Å². The molecule has 3 nitrogen and oxygen atoms in total. The van der Waals surface area contributed by atoms with Gasteiger partial charge in [0.25, 0.3) is 0 Å². The third kappa shape index (κ3) is 1.63. The van der Waals surface area contributed by atoms with Gasteiger partial charge in [0, 0.05) is 0 Å². The van der Waals surface area contributed by atoms with Crippen molar-refractivity contribution in [3.05, 3.63) is 16.1 Å². The molecular weight excluding hydrogens is 218 g/mol. The van der Waals surface area contributed by atoms with E-state index in [1.165, 1.54) is 19.3 Å². The number of hydrogen-bond donors (Lipinski definition) is 0. The summed E-state index contributed by atoms with van der Waals surface area (Å²) in [5, 5.41) is 8.01. The molecule has 0 fully saturated rings. The van der Waals surface area contributed by atoms with Crippen molar-refractivity contribution in [3.8, 4) is 0 Å². The summed E-state index contributed by atoms with van der Waals surface area (Å²) in [4.78, 5) is 4.32. The minimum absolute atomic E-state index is 0.614. The van der Waals surface area contributed by atoms with Gasteiger partial charge >= 0.3 is 0 Å². The van der Waals surface area contributed by atoms with Crippen molar-refractivity contribution in [1.82, 2.24) is 15.2 Å². The fourth-order valence-corrected chi connectivity index (χ4v) is 1.81. The lowest BCUT2D eigenvalue weighted by Gasteiger charge is -2.00. The van der Waals surface area contributed by atoms with Gasteiger partial charge < -0.3 is 0 Å². The highest BCUT2D eigenvalue weighted by molar-refractivity contribution is 9.10. The van der Waals surface area contributed by atoms with Gasteiger partial charge in [-0.1, -0.05) is 6.42 Å². The Labute approximate surface area is 79.7 Å². The molecule has 4 heteroatoms. The van der Waals surface area contributed by atoms with Gasteiger partial charge in [-0.3, -0.25) is 0 Å². The Kier molecular flexibility index (Phi) is 2.35. The zero-order chi connectivity index (χ0) is 8.39. The highest BCUT2D eigenvalue weighted by atomic mass is 79.9. The van der Waals surface area contributed by atoms with Crippen LogP contribution in [0.5, 0.6) is 0 Å². The van der Waals surface area contributed by atoms with Crippen molar-refractivity contribution in [2.75, 3.05) is 0 Å². The molecule has 0 spiro atoms. The van der Waals surface area contributed by atoms with Gasteiger partial charge in [-0.2, -0.15) is 5.10 Å². The molecule has 2 rings (SSSR count). The molecule has 0 aliphatic heterocycles. The van der Waals surface area contributed by atoms with Gasteiger partial charge in [0.15, 0.2) is 0 Å². The number of aromatic nitrogens is 3. The maximum absolute atomic E-state index is 4.32. The summed E-state index contributed by atoms with van der Waals surface area (Å²) in [5.74, 6) is 0. The lowest BCUT2D eigenvalue weighted by molar-refractivity contribution is 0.705. The second kappa shape index (κ2) is 3.47.